The van der Waals surface area contributed by atoms with Crippen molar-refractivity contribution >= 4 is 16.6 Å². The van der Waals surface area contributed by atoms with Crippen molar-refractivity contribution < 1.29 is 0 Å². The average Bonchev–Trinajstić information content (AvgIpc) is 3.17. The molecule has 2 aromatic carbocycles. The molecule has 2 saturated heterocycles. The molecule has 0 amide bonds. The highest BCUT2D eigenvalue weighted by atomic mass is 15.2. The summed E-state index contributed by atoms with van der Waals surface area (Å²) in [6, 6.07) is 19.7. The minimum Gasteiger partial charge on any atom is -0.382 e. The maximum atomic E-state index is 3.82. The lowest BCUT2D eigenvalue weighted by Crippen LogP contribution is -2.44. The number of rotatable bonds is 3. The Morgan fingerprint density at radius 1 is 1.00 bits per heavy atom. The van der Waals surface area contributed by atoms with Gasteiger partial charge in [-0.1, -0.05) is 24.3 Å². The third-order valence-corrected chi connectivity index (χ3v) is 6.24. The molecular formula is C22H25N3. The van der Waals surface area contributed by atoms with E-state index in [2.05, 4.69) is 70.8 Å². The standard InChI is InChI=1S/C22H25N3/c1-25-18-8-9-19(25)14-17(13-18)24-16-5-2-4-15(12-16)20-6-3-7-22-21(20)10-11-23-22/h2-7,10-12,17-19,23-24H,8-9,13-14H2,1H3. The van der Waals surface area contributed by atoms with E-state index in [0.29, 0.717) is 6.04 Å². The number of nitrogens with one attached hydrogen (secondary N) is 2. The number of hydrogen-bond acceptors (Lipinski definition) is 2. The summed E-state index contributed by atoms with van der Waals surface area (Å²) in [5.74, 6) is 0. The fraction of sp³-hybridized carbons (Fsp3) is 0.364. The summed E-state index contributed by atoms with van der Waals surface area (Å²) >= 11 is 0. The second-order valence-corrected chi connectivity index (χ2v) is 7.69. The van der Waals surface area contributed by atoms with Gasteiger partial charge in [-0.3, -0.25) is 0 Å². The number of piperidine rings is 1. The van der Waals surface area contributed by atoms with Crippen LogP contribution in [-0.2, 0) is 0 Å². The average molecular weight is 331 g/mol. The summed E-state index contributed by atoms with van der Waals surface area (Å²) < 4.78 is 0. The topological polar surface area (TPSA) is 31.1 Å². The molecule has 128 valence electrons. The number of aromatic amines is 1. The number of aromatic nitrogens is 1. The van der Waals surface area contributed by atoms with Crippen molar-refractivity contribution in [2.45, 2.75) is 43.8 Å². The Bertz CT molecular complexity index is 883. The maximum Gasteiger partial charge on any atom is 0.0460 e. The van der Waals surface area contributed by atoms with E-state index in [4.69, 9.17) is 0 Å². The number of hydrogen-bond donors (Lipinski definition) is 2. The van der Waals surface area contributed by atoms with Gasteiger partial charge in [0, 0.05) is 40.9 Å². The lowest BCUT2D eigenvalue weighted by Gasteiger charge is -2.37. The predicted molar refractivity (Wildman–Crippen MR) is 105 cm³/mol. The van der Waals surface area contributed by atoms with Crippen LogP contribution in [0.15, 0.2) is 54.7 Å². The van der Waals surface area contributed by atoms with Crippen LogP contribution in [0.4, 0.5) is 5.69 Å². The van der Waals surface area contributed by atoms with Gasteiger partial charge < -0.3 is 15.2 Å². The monoisotopic (exact) mass is 331 g/mol. The fourth-order valence-corrected chi connectivity index (χ4v) is 4.88. The molecule has 3 aromatic rings. The normalized spacial score (nSPS) is 26.2. The maximum absolute atomic E-state index is 3.82. The zero-order chi connectivity index (χ0) is 16.8. The van der Waals surface area contributed by atoms with Gasteiger partial charge in [0.1, 0.15) is 0 Å². The van der Waals surface area contributed by atoms with Crippen molar-refractivity contribution in [3.8, 4) is 11.1 Å². The third-order valence-electron chi connectivity index (χ3n) is 6.24. The smallest absolute Gasteiger partial charge is 0.0460 e. The molecule has 2 aliphatic rings. The Labute approximate surface area is 149 Å². The van der Waals surface area contributed by atoms with Crippen molar-refractivity contribution in [1.29, 1.82) is 0 Å². The van der Waals surface area contributed by atoms with E-state index in [1.165, 1.54) is 53.4 Å². The quantitative estimate of drug-likeness (QED) is 0.717. The van der Waals surface area contributed by atoms with Crippen molar-refractivity contribution in [3.05, 3.63) is 54.7 Å². The Morgan fingerprint density at radius 3 is 2.64 bits per heavy atom. The molecule has 25 heavy (non-hydrogen) atoms. The molecule has 2 aliphatic heterocycles. The number of fused-ring (bicyclic) bond motifs is 3. The first-order valence-electron chi connectivity index (χ1n) is 9.43. The van der Waals surface area contributed by atoms with Gasteiger partial charge in [0.05, 0.1) is 0 Å². The van der Waals surface area contributed by atoms with E-state index >= 15 is 0 Å². The van der Waals surface area contributed by atoms with Crippen LogP contribution in [0.3, 0.4) is 0 Å². The van der Waals surface area contributed by atoms with E-state index in [1.54, 1.807) is 0 Å². The van der Waals surface area contributed by atoms with Crippen molar-refractivity contribution in [2.75, 3.05) is 12.4 Å². The number of benzene rings is 2. The van der Waals surface area contributed by atoms with Crippen LogP contribution in [0.5, 0.6) is 0 Å². The van der Waals surface area contributed by atoms with Crippen LogP contribution in [0, 0.1) is 0 Å². The van der Waals surface area contributed by atoms with Crippen LogP contribution in [-0.4, -0.2) is 35.1 Å². The second-order valence-electron chi connectivity index (χ2n) is 7.69. The lowest BCUT2D eigenvalue weighted by molar-refractivity contribution is 0.169. The predicted octanol–water partition coefficient (Wildman–Crippen LogP) is 4.87. The van der Waals surface area contributed by atoms with Gasteiger partial charge in [-0.05, 0) is 68.1 Å². The highest BCUT2D eigenvalue weighted by molar-refractivity contribution is 5.95. The van der Waals surface area contributed by atoms with Gasteiger partial charge in [0.2, 0.25) is 0 Å². The molecule has 2 bridgehead atoms. The minimum atomic E-state index is 0.604. The van der Waals surface area contributed by atoms with E-state index < -0.39 is 0 Å². The van der Waals surface area contributed by atoms with Crippen LogP contribution >= 0.6 is 0 Å². The molecule has 3 nitrogen and oxygen atoms in total. The van der Waals surface area contributed by atoms with Gasteiger partial charge in [0.25, 0.3) is 0 Å². The fourth-order valence-electron chi connectivity index (χ4n) is 4.88. The molecule has 1 aromatic heterocycles. The first kappa shape index (κ1) is 15.0. The first-order chi connectivity index (χ1) is 12.3. The highest BCUT2D eigenvalue weighted by Gasteiger charge is 2.38. The van der Waals surface area contributed by atoms with Crippen molar-refractivity contribution in [2.24, 2.45) is 0 Å². The first-order valence-corrected chi connectivity index (χ1v) is 9.43. The van der Waals surface area contributed by atoms with Gasteiger partial charge in [-0.2, -0.15) is 0 Å². The lowest BCUT2D eigenvalue weighted by atomic mass is 9.97. The van der Waals surface area contributed by atoms with E-state index in [-0.39, 0.29) is 0 Å². The molecule has 2 atom stereocenters. The largest absolute Gasteiger partial charge is 0.382 e. The zero-order valence-corrected chi connectivity index (χ0v) is 14.7. The zero-order valence-electron chi connectivity index (χ0n) is 14.7. The summed E-state index contributed by atoms with van der Waals surface area (Å²) in [5, 5.41) is 5.11. The summed E-state index contributed by atoms with van der Waals surface area (Å²) in [6.07, 6.45) is 7.30. The molecule has 2 unspecified atom stereocenters. The molecule has 3 heterocycles. The van der Waals surface area contributed by atoms with Crippen LogP contribution in [0.1, 0.15) is 25.7 Å². The Morgan fingerprint density at radius 2 is 1.80 bits per heavy atom. The van der Waals surface area contributed by atoms with Gasteiger partial charge in [-0.15, -0.1) is 0 Å². The molecule has 0 saturated carbocycles. The molecule has 2 fully saturated rings. The number of H-pyrrole nitrogens is 1. The Kier molecular flexibility index (Phi) is 3.56. The summed E-state index contributed by atoms with van der Waals surface area (Å²) in [5.41, 5.74) is 5.03. The van der Waals surface area contributed by atoms with Crippen molar-refractivity contribution in [3.63, 3.8) is 0 Å². The van der Waals surface area contributed by atoms with Crippen LogP contribution in [0.2, 0.25) is 0 Å². The molecule has 5 rings (SSSR count). The third kappa shape index (κ3) is 2.63. The Hall–Kier alpha value is -2.26. The second kappa shape index (κ2) is 5.92. The SMILES string of the molecule is CN1C2CCC1CC(Nc1cccc(-c3cccc4[nH]ccc34)c1)C2. The van der Waals surface area contributed by atoms with Crippen LogP contribution < -0.4 is 5.32 Å². The summed E-state index contributed by atoms with van der Waals surface area (Å²) in [4.78, 5) is 5.91. The Balaban J connectivity index is 1.41. The minimum absolute atomic E-state index is 0.604. The molecular weight excluding hydrogens is 306 g/mol. The number of nitrogens with zero attached hydrogens (tertiary/aromatic N) is 1. The number of anilines is 1. The van der Waals surface area contributed by atoms with Gasteiger partial charge >= 0.3 is 0 Å². The highest BCUT2D eigenvalue weighted by Crippen LogP contribution is 2.36. The summed E-state index contributed by atoms with van der Waals surface area (Å²) in [6.45, 7) is 0. The van der Waals surface area contributed by atoms with Crippen molar-refractivity contribution in [1.82, 2.24) is 9.88 Å². The molecule has 2 N–H and O–H groups in total. The van der Waals surface area contributed by atoms with E-state index in [9.17, 15) is 0 Å². The molecule has 0 aliphatic carbocycles. The summed E-state index contributed by atoms with van der Waals surface area (Å²) in [7, 11) is 2.30. The van der Waals surface area contributed by atoms with E-state index in [0.717, 1.165) is 12.1 Å². The van der Waals surface area contributed by atoms with Gasteiger partial charge in [0.15, 0.2) is 0 Å². The van der Waals surface area contributed by atoms with E-state index in [1.807, 2.05) is 6.20 Å². The van der Waals surface area contributed by atoms with Crippen LogP contribution in [0.25, 0.3) is 22.0 Å². The molecule has 0 spiro atoms. The molecule has 3 heteroatoms. The molecule has 0 radical (unpaired) electrons. The van der Waals surface area contributed by atoms with Gasteiger partial charge in [-0.25, -0.2) is 0 Å².